The molecular formula is C40H63N11O8. The van der Waals surface area contributed by atoms with Crippen LogP contribution in [0.25, 0.3) is 10.9 Å². The summed E-state index contributed by atoms with van der Waals surface area (Å²) >= 11 is 0. The van der Waals surface area contributed by atoms with E-state index < -0.39 is 77.8 Å². The lowest BCUT2D eigenvalue weighted by molar-refractivity contribution is -0.143. The van der Waals surface area contributed by atoms with Crippen molar-refractivity contribution in [2.45, 2.75) is 122 Å². The summed E-state index contributed by atoms with van der Waals surface area (Å²) in [7, 11) is 1.50. The Hall–Kier alpha value is -5.88. The monoisotopic (exact) mass is 825 g/mol. The molecule has 0 bridgehead atoms. The topological polar surface area (TPSA) is 295 Å². The number of benzene rings is 1. The number of guanidine groups is 1. The Morgan fingerprint density at radius 3 is 2.25 bits per heavy atom. The average molecular weight is 826 g/mol. The fourth-order valence-electron chi connectivity index (χ4n) is 6.85. The number of hydrogen-bond acceptors (Lipinski definition) is 8. The summed E-state index contributed by atoms with van der Waals surface area (Å²) in [6.45, 7) is 9.33. The van der Waals surface area contributed by atoms with Crippen LogP contribution >= 0.6 is 0 Å². The fourth-order valence-corrected chi connectivity index (χ4v) is 6.85. The fraction of sp³-hybridized carbons (Fsp3) is 0.600. The lowest BCUT2D eigenvalue weighted by Crippen LogP contribution is -2.59. The zero-order chi connectivity index (χ0) is 43.8. The minimum Gasteiger partial charge on any atom is -0.480 e. The number of para-hydroxylation sites is 1. The molecule has 0 saturated carbocycles. The number of nitrogens with zero attached hydrogens (tertiary/aromatic N) is 2. The number of aliphatic imine (C=N–C) groups is 1. The summed E-state index contributed by atoms with van der Waals surface area (Å²) in [5, 5.41) is 26.7. The number of rotatable bonds is 13. The molecule has 19 heteroatoms. The first-order valence-electron chi connectivity index (χ1n) is 20.2. The summed E-state index contributed by atoms with van der Waals surface area (Å²) in [4.78, 5) is 103. The number of carboxylic acids is 1. The van der Waals surface area contributed by atoms with E-state index in [1.165, 1.54) is 18.9 Å². The molecule has 1 aromatic heterocycles. The van der Waals surface area contributed by atoms with E-state index in [0.717, 1.165) is 16.5 Å². The van der Waals surface area contributed by atoms with Crippen LogP contribution in [0.5, 0.6) is 0 Å². The van der Waals surface area contributed by atoms with E-state index in [1.807, 2.05) is 52.0 Å². The van der Waals surface area contributed by atoms with Crippen molar-refractivity contribution < 1.29 is 38.7 Å². The van der Waals surface area contributed by atoms with Gasteiger partial charge < -0.3 is 58.4 Å². The molecule has 6 atom stereocenters. The quantitative estimate of drug-likeness (QED) is 0.0761. The standard InChI is InChI=1S/C40H63N11O8/c1-22(2)18-31-37(56)51(6)32(19-23(3)4)36(55)47-30(20-25-21-45-27-13-8-7-12-26(25)27)34(53)43-16-10-9-14-28(35(54)46-24(5)33(52)48-31)49-40(59)50-29(38(57)58)15-11-17-44-39(41)42/h7-8,12-13,21-24,28-32,45H,9-11,14-20H2,1-6H3,(H,43,53)(H,46,54)(H,47,55)(H,48,52)(H,57,58)(H4,41,42,44)(H2,49,50,59). The number of carbonyl (C=O) groups excluding carboxylic acids is 6. The molecule has 0 aliphatic carbocycles. The maximum atomic E-state index is 14.2. The predicted octanol–water partition coefficient (Wildman–Crippen LogP) is 0.579. The number of carboxylic acid groups (broad SMARTS) is 1. The Morgan fingerprint density at radius 1 is 0.915 bits per heavy atom. The zero-order valence-corrected chi connectivity index (χ0v) is 34.9. The van der Waals surface area contributed by atoms with Gasteiger partial charge in [0.05, 0.1) is 0 Å². The van der Waals surface area contributed by atoms with E-state index in [9.17, 15) is 38.7 Å². The van der Waals surface area contributed by atoms with Gasteiger partial charge in [0.1, 0.15) is 36.3 Å². The highest BCUT2D eigenvalue weighted by Gasteiger charge is 2.36. The van der Waals surface area contributed by atoms with Gasteiger partial charge in [0.15, 0.2) is 5.96 Å². The van der Waals surface area contributed by atoms with Crippen molar-refractivity contribution in [3.8, 4) is 0 Å². The number of likely N-dealkylation sites (N-methyl/N-ethyl adjacent to an activating group) is 1. The SMILES string of the molecule is CC(C)CC1NC(=O)C(C)NC(=O)C(NC(=O)NC(CCCN=C(N)N)C(=O)O)CCCCNC(=O)C(Cc2c[nH]c3ccccc23)NC(=O)C(CC(C)C)N(C)C1=O. The molecule has 1 aliphatic rings. The normalized spacial score (nSPS) is 22.3. The Bertz CT molecular complexity index is 1810. The van der Waals surface area contributed by atoms with E-state index >= 15 is 0 Å². The van der Waals surface area contributed by atoms with E-state index in [4.69, 9.17) is 11.5 Å². The van der Waals surface area contributed by atoms with Crippen LogP contribution in [-0.2, 0) is 35.2 Å². The third-order valence-electron chi connectivity index (χ3n) is 10.0. The van der Waals surface area contributed by atoms with E-state index in [1.54, 1.807) is 6.20 Å². The summed E-state index contributed by atoms with van der Waals surface area (Å²) in [5.41, 5.74) is 12.3. The minimum atomic E-state index is -1.32. The molecule has 1 fully saturated rings. The summed E-state index contributed by atoms with van der Waals surface area (Å²) < 4.78 is 0. The first-order valence-corrected chi connectivity index (χ1v) is 20.2. The molecule has 2 heterocycles. The number of fused-ring (bicyclic) bond motifs is 1. The van der Waals surface area contributed by atoms with E-state index in [0.29, 0.717) is 12.8 Å². The van der Waals surface area contributed by atoms with Crippen molar-refractivity contribution in [1.82, 2.24) is 41.8 Å². The van der Waals surface area contributed by atoms with Crippen LogP contribution < -0.4 is 43.4 Å². The van der Waals surface area contributed by atoms with Crippen LogP contribution in [0, 0.1) is 11.8 Å². The number of urea groups is 1. The van der Waals surface area contributed by atoms with Crippen LogP contribution in [-0.4, -0.2) is 119 Å². The first-order chi connectivity index (χ1) is 27.9. The second-order valence-corrected chi connectivity index (χ2v) is 15.9. The van der Waals surface area contributed by atoms with Gasteiger partial charge in [-0.3, -0.25) is 29.0 Å². The van der Waals surface area contributed by atoms with Crippen molar-refractivity contribution in [3.05, 3.63) is 36.0 Å². The number of hydrogen-bond donors (Lipinski definition) is 10. The van der Waals surface area contributed by atoms with E-state index in [2.05, 4.69) is 41.9 Å². The summed E-state index contributed by atoms with van der Waals surface area (Å²) in [5.74, 6) is -4.43. The van der Waals surface area contributed by atoms with Gasteiger partial charge in [-0.05, 0) is 75.3 Å². The van der Waals surface area contributed by atoms with Crippen LogP contribution in [0.1, 0.15) is 85.1 Å². The molecule has 0 spiro atoms. The highest BCUT2D eigenvalue weighted by Crippen LogP contribution is 2.21. The number of aromatic nitrogens is 1. The van der Waals surface area contributed by atoms with Crippen molar-refractivity contribution >= 4 is 58.4 Å². The number of aromatic amines is 1. The summed E-state index contributed by atoms with van der Waals surface area (Å²) in [6, 6.07) is -0.118. The van der Waals surface area contributed by atoms with Crippen molar-refractivity contribution in [3.63, 3.8) is 0 Å². The Kier molecular flexibility index (Phi) is 18.4. The van der Waals surface area contributed by atoms with Crippen molar-refractivity contribution in [1.29, 1.82) is 0 Å². The predicted molar refractivity (Wildman–Crippen MR) is 223 cm³/mol. The molecule has 7 amide bonds. The number of amides is 7. The molecule has 1 aromatic carbocycles. The number of carbonyl (C=O) groups is 7. The van der Waals surface area contributed by atoms with E-state index in [-0.39, 0.29) is 69.4 Å². The lowest BCUT2D eigenvalue weighted by atomic mass is 9.97. The Balaban J connectivity index is 1.94. The molecular weight excluding hydrogens is 763 g/mol. The van der Waals surface area contributed by atoms with Crippen molar-refractivity contribution in [2.75, 3.05) is 20.1 Å². The Labute approximate surface area is 345 Å². The smallest absolute Gasteiger partial charge is 0.326 e. The van der Waals surface area contributed by atoms with Crippen LogP contribution in [0.15, 0.2) is 35.5 Å². The number of H-pyrrole nitrogens is 1. The molecule has 1 saturated heterocycles. The van der Waals surface area contributed by atoms with Crippen LogP contribution in [0.2, 0.25) is 0 Å². The van der Waals surface area contributed by atoms with Crippen LogP contribution in [0.3, 0.4) is 0 Å². The second-order valence-electron chi connectivity index (χ2n) is 15.9. The molecule has 1 aliphatic heterocycles. The third kappa shape index (κ3) is 15.1. The molecule has 3 rings (SSSR count). The van der Waals surface area contributed by atoms with Gasteiger partial charge in [-0.15, -0.1) is 0 Å². The molecule has 326 valence electrons. The van der Waals surface area contributed by atoms with Gasteiger partial charge in [-0.1, -0.05) is 45.9 Å². The van der Waals surface area contributed by atoms with Gasteiger partial charge in [0, 0.05) is 43.7 Å². The van der Waals surface area contributed by atoms with Gasteiger partial charge in [-0.25, -0.2) is 9.59 Å². The number of nitrogens with one attached hydrogen (secondary N) is 7. The maximum Gasteiger partial charge on any atom is 0.326 e. The molecule has 59 heavy (non-hydrogen) atoms. The average Bonchev–Trinajstić information content (AvgIpc) is 3.57. The first kappa shape index (κ1) is 47.5. The number of nitrogens with two attached hydrogens (primary N) is 2. The highest BCUT2D eigenvalue weighted by molar-refractivity contribution is 5.96. The lowest BCUT2D eigenvalue weighted by Gasteiger charge is -2.33. The van der Waals surface area contributed by atoms with Gasteiger partial charge in [-0.2, -0.15) is 0 Å². The molecule has 19 nitrogen and oxygen atoms in total. The molecule has 0 radical (unpaired) electrons. The largest absolute Gasteiger partial charge is 0.480 e. The maximum absolute atomic E-state index is 14.2. The zero-order valence-electron chi connectivity index (χ0n) is 34.9. The van der Waals surface area contributed by atoms with Gasteiger partial charge in [0.25, 0.3) is 0 Å². The van der Waals surface area contributed by atoms with Gasteiger partial charge in [0.2, 0.25) is 29.5 Å². The Morgan fingerprint density at radius 2 is 1.59 bits per heavy atom. The molecule has 6 unspecified atom stereocenters. The molecule has 2 aromatic rings. The number of aliphatic carboxylic acids is 1. The molecule has 12 N–H and O–H groups in total. The second kappa shape index (κ2) is 22.9. The summed E-state index contributed by atoms with van der Waals surface area (Å²) in [6.07, 6.45) is 3.40. The van der Waals surface area contributed by atoms with Crippen LogP contribution in [0.4, 0.5) is 4.79 Å². The highest BCUT2D eigenvalue weighted by atomic mass is 16.4. The minimum absolute atomic E-state index is 0.00126. The van der Waals surface area contributed by atoms with Crippen molar-refractivity contribution in [2.24, 2.45) is 28.3 Å². The van der Waals surface area contributed by atoms with Gasteiger partial charge >= 0.3 is 12.0 Å². The third-order valence-corrected chi connectivity index (χ3v) is 10.0.